The van der Waals surface area contributed by atoms with Crippen LogP contribution in [0.25, 0.3) is 0 Å². The van der Waals surface area contributed by atoms with E-state index in [0.29, 0.717) is 6.54 Å². The van der Waals surface area contributed by atoms with Gasteiger partial charge in [-0.2, -0.15) is 0 Å². The van der Waals surface area contributed by atoms with Crippen molar-refractivity contribution in [2.24, 2.45) is 0 Å². The number of ether oxygens (including phenoxy) is 1. The monoisotopic (exact) mass is 334 g/mol. The molecule has 0 bridgehead atoms. The highest BCUT2D eigenvalue weighted by molar-refractivity contribution is 9.10. The summed E-state index contributed by atoms with van der Waals surface area (Å²) in [4.78, 5) is 10.2. The van der Waals surface area contributed by atoms with Crippen LogP contribution in [-0.4, -0.2) is 23.6 Å². The van der Waals surface area contributed by atoms with Crippen molar-refractivity contribution in [1.29, 1.82) is 0 Å². The molecule has 1 N–H and O–H groups in total. The molecule has 7 heteroatoms. The summed E-state index contributed by atoms with van der Waals surface area (Å²) in [5, 5.41) is 14.0. The molecule has 0 saturated heterocycles. The fourth-order valence-corrected chi connectivity index (χ4v) is 1.69. The van der Waals surface area contributed by atoms with Gasteiger partial charge in [-0.05, 0) is 36.7 Å². The zero-order valence-electron chi connectivity index (χ0n) is 11.0. The van der Waals surface area contributed by atoms with E-state index in [4.69, 9.17) is 4.74 Å². The van der Waals surface area contributed by atoms with Crippen LogP contribution in [0.15, 0.2) is 16.6 Å². The first-order valence-electron chi connectivity index (χ1n) is 5.72. The van der Waals surface area contributed by atoms with E-state index in [2.05, 4.69) is 21.2 Å². The lowest BCUT2D eigenvalue weighted by molar-refractivity contribution is -0.386. The van der Waals surface area contributed by atoms with Crippen molar-refractivity contribution in [2.75, 3.05) is 13.2 Å². The van der Waals surface area contributed by atoms with E-state index in [-0.39, 0.29) is 28.1 Å². The van der Waals surface area contributed by atoms with Crippen LogP contribution in [-0.2, 0) is 0 Å². The summed E-state index contributed by atoms with van der Waals surface area (Å²) in [5.74, 6) is -0.661. The van der Waals surface area contributed by atoms with Crippen molar-refractivity contribution in [3.8, 4) is 5.75 Å². The second-order valence-corrected chi connectivity index (χ2v) is 5.87. The molecule has 0 saturated carbocycles. The maximum atomic E-state index is 13.4. The number of nitro benzene ring substituents is 1. The summed E-state index contributed by atoms with van der Waals surface area (Å²) in [6.07, 6.45) is 0. The second-order valence-electron chi connectivity index (χ2n) is 5.02. The van der Waals surface area contributed by atoms with E-state index >= 15 is 0 Å². The molecule has 0 amide bonds. The van der Waals surface area contributed by atoms with Gasteiger partial charge < -0.3 is 10.1 Å². The van der Waals surface area contributed by atoms with Crippen molar-refractivity contribution in [2.45, 2.75) is 26.3 Å². The molecule has 5 nitrogen and oxygen atoms in total. The molecule has 0 fully saturated rings. The molecule has 0 aliphatic heterocycles. The predicted molar refractivity (Wildman–Crippen MR) is 74.0 cm³/mol. The molecule has 1 aromatic rings. The topological polar surface area (TPSA) is 64.4 Å². The summed E-state index contributed by atoms with van der Waals surface area (Å²) in [6, 6.07) is 2.11. The molecular weight excluding hydrogens is 319 g/mol. The first-order valence-corrected chi connectivity index (χ1v) is 6.51. The molecular formula is C12H16BrFN2O3. The van der Waals surface area contributed by atoms with Gasteiger partial charge in [0.1, 0.15) is 12.4 Å². The number of halogens is 2. The Kier molecular flexibility index (Phi) is 5.25. The van der Waals surface area contributed by atoms with Crippen LogP contribution in [0.3, 0.4) is 0 Å². The molecule has 0 atom stereocenters. The molecule has 0 aliphatic rings. The van der Waals surface area contributed by atoms with Gasteiger partial charge in [0.2, 0.25) is 0 Å². The molecule has 19 heavy (non-hydrogen) atoms. The lowest BCUT2D eigenvalue weighted by atomic mass is 10.1. The van der Waals surface area contributed by atoms with Crippen LogP contribution in [0, 0.1) is 15.9 Å². The quantitative estimate of drug-likeness (QED) is 0.510. The summed E-state index contributed by atoms with van der Waals surface area (Å²) in [5.41, 5.74) is -0.329. The molecule has 0 aliphatic carbocycles. The standard InChI is InChI=1S/C12H16BrFN2O3/c1-12(2,3)15-4-5-19-11-7-9(14)8(13)6-10(11)16(17)18/h6-7,15H,4-5H2,1-3H3. The van der Waals surface area contributed by atoms with Crippen LogP contribution in [0.2, 0.25) is 0 Å². The lowest BCUT2D eigenvalue weighted by Crippen LogP contribution is -2.38. The Morgan fingerprint density at radius 1 is 1.47 bits per heavy atom. The van der Waals surface area contributed by atoms with E-state index in [1.807, 2.05) is 20.8 Å². The number of hydrogen-bond acceptors (Lipinski definition) is 4. The van der Waals surface area contributed by atoms with Crippen molar-refractivity contribution >= 4 is 21.6 Å². The maximum absolute atomic E-state index is 13.4. The van der Waals surface area contributed by atoms with E-state index in [0.717, 1.165) is 12.1 Å². The average Bonchev–Trinajstić information content (AvgIpc) is 2.27. The van der Waals surface area contributed by atoms with Gasteiger partial charge in [-0.15, -0.1) is 0 Å². The normalized spacial score (nSPS) is 11.4. The largest absolute Gasteiger partial charge is 0.485 e. The molecule has 0 radical (unpaired) electrons. The van der Waals surface area contributed by atoms with E-state index in [1.165, 1.54) is 0 Å². The zero-order valence-corrected chi connectivity index (χ0v) is 12.6. The van der Waals surface area contributed by atoms with Gasteiger partial charge in [-0.1, -0.05) is 0 Å². The van der Waals surface area contributed by atoms with Crippen molar-refractivity contribution in [3.05, 3.63) is 32.5 Å². The first kappa shape index (κ1) is 15.8. The Labute approximate surface area is 119 Å². The van der Waals surface area contributed by atoms with Crippen molar-refractivity contribution < 1.29 is 14.1 Å². The molecule has 0 heterocycles. The number of rotatable bonds is 5. The van der Waals surface area contributed by atoms with Gasteiger partial charge in [0.25, 0.3) is 0 Å². The summed E-state index contributed by atoms with van der Waals surface area (Å²) in [6.45, 7) is 6.72. The fourth-order valence-electron chi connectivity index (χ4n) is 1.36. The Morgan fingerprint density at radius 3 is 2.63 bits per heavy atom. The third kappa shape index (κ3) is 5.12. The van der Waals surface area contributed by atoms with Crippen molar-refractivity contribution in [3.63, 3.8) is 0 Å². The van der Waals surface area contributed by atoms with E-state index in [1.54, 1.807) is 0 Å². The Morgan fingerprint density at radius 2 is 2.11 bits per heavy atom. The highest BCUT2D eigenvalue weighted by atomic mass is 79.9. The predicted octanol–water partition coefficient (Wildman–Crippen LogP) is 3.26. The highest BCUT2D eigenvalue weighted by Crippen LogP contribution is 2.32. The average molecular weight is 335 g/mol. The number of hydrogen-bond donors (Lipinski definition) is 1. The maximum Gasteiger partial charge on any atom is 0.312 e. The minimum Gasteiger partial charge on any atom is -0.485 e. The molecule has 1 rings (SSSR count). The second kappa shape index (κ2) is 6.29. The third-order valence-electron chi connectivity index (χ3n) is 2.21. The SMILES string of the molecule is CC(C)(C)NCCOc1cc(F)c(Br)cc1[N+](=O)[O-]. The Hall–Kier alpha value is -1.21. The Balaban J connectivity index is 2.72. The fraction of sp³-hybridized carbons (Fsp3) is 0.500. The summed E-state index contributed by atoms with van der Waals surface area (Å²) in [7, 11) is 0. The van der Waals surface area contributed by atoms with Crippen LogP contribution < -0.4 is 10.1 Å². The minimum atomic E-state index is -0.600. The number of nitro groups is 1. The summed E-state index contributed by atoms with van der Waals surface area (Å²) >= 11 is 2.91. The van der Waals surface area contributed by atoms with Crippen LogP contribution in [0.1, 0.15) is 20.8 Å². The van der Waals surface area contributed by atoms with Gasteiger partial charge in [0, 0.05) is 24.2 Å². The van der Waals surface area contributed by atoms with Crippen LogP contribution >= 0.6 is 15.9 Å². The summed E-state index contributed by atoms with van der Waals surface area (Å²) < 4.78 is 18.7. The highest BCUT2D eigenvalue weighted by Gasteiger charge is 2.19. The van der Waals surface area contributed by atoms with Crippen LogP contribution in [0.4, 0.5) is 10.1 Å². The van der Waals surface area contributed by atoms with E-state index < -0.39 is 10.7 Å². The van der Waals surface area contributed by atoms with Gasteiger partial charge in [0.15, 0.2) is 5.75 Å². The minimum absolute atomic E-state index is 0.0411. The zero-order chi connectivity index (χ0) is 14.6. The Bertz CT molecular complexity index is 475. The first-order chi connectivity index (χ1) is 8.70. The van der Waals surface area contributed by atoms with Gasteiger partial charge in [0.05, 0.1) is 9.40 Å². The molecule has 0 spiro atoms. The van der Waals surface area contributed by atoms with Crippen LogP contribution in [0.5, 0.6) is 5.75 Å². The van der Waals surface area contributed by atoms with Gasteiger partial charge in [-0.3, -0.25) is 10.1 Å². The smallest absolute Gasteiger partial charge is 0.312 e. The number of nitrogens with one attached hydrogen (secondary N) is 1. The van der Waals surface area contributed by atoms with Gasteiger partial charge >= 0.3 is 5.69 Å². The van der Waals surface area contributed by atoms with Crippen molar-refractivity contribution in [1.82, 2.24) is 5.32 Å². The van der Waals surface area contributed by atoms with Gasteiger partial charge in [-0.25, -0.2) is 4.39 Å². The molecule has 0 aromatic heterocycles. The third-order valence-corrected chi connectivity index (χ3v) is 2.82. The number of nitrogens with zero attached hydrogens (tertiary/aromatic N) is 1. The molecule has 1 aromatic carbocycles. The number of benzene rings is 1. The molecule has 106 valence electrons. The van der Waals surface area contributed by atoms with E-state index in [9.17, 15) is 14.5 Å². The lowest BCUT2D eigenvalue weighted by Gasteiger charge is -2.20. The molecule has 0 unspecified atom stereocenters.